The maximum absolute atomic E-state index is 12.7. The minimum atomic E-state index is -2.91. The fraction of sp³-hybridized carbons (Fsp3) is 0.611. The van der Waals surface area contributed by atoms with Gasteiger partial charge in [-0.1, -0.05) is 6.92 Å². The van der Waals surface area contributed by atoms with E-state index < -0.39 is 6.61 Å². The molecule has 7 nitrogen and oxygen atoms in total. The van der Waals surface area contributed by atoms with E-state index >= 15 is 0 Å². The van der Waals surface area contributed by atoms with Gasteiger partial charge < -0.3 is 24.8 Å². The number of aliphatic imine (C=N–C) groups is 1. The molecular formula is C18H26F2N4O3. The smallest absolute Gasteiger partial charge is 0.387 e. The molecule has 0 amide bonds. The molecule has 0 unspecified atom stereocenters. The lowest BCUT2D eigenvalue weighted by molar-refractivity contribution is -0.0505. The fourth-order valence-electron chi connectivity index (χ4n) is 3.07. The van der Waals surface area contributed by atoms with Gasteiger partial charge in [-0.05, 0) is 25.5 Å². The fourth-order valence-corrected chi connectivity index (χ4v) is 3.07. The Morgan fingerprint density at radius 3 is 2.67 bits per heavy atom. The third-order valence-electron chi connectivity index (χ3n) is 4.60. The number of benzene rings is 1. The number of nitrogens with one attached hydrogen (secondary N) is 2. The highest BCUT2D eigenvalue weighted by Crippen LogP contribution is 2.38. The Hall–Kier alpha value is -2.29. The SMILES string of the molecule is CCN(CCNC(=NC)NCc1cc2c(cc1OC(F)F)OCO2)C1CC1. The summed E-state index contributed by atoms with van der Waals surface area (Å²) < 4.78 is 40.6. The molecule has 1 aliphatic carbocycles. The number of nitrogens with zero attached hydrogens (tertiary/aromatic N) is 2. The number of ether oxygens (including phenoxy) is 3. The number of likely N-dealkylation sites (N-methyl/N-ethyl adjacent to an activating group) is 1. The van der Waals surface area contributed by atoms with Gasteiger partial charge in [-0.2, -0.15) is 8.78 Å². The van der Waals surface area contributed by atoms with Crippen molar-refractivity contribution in [3.63, 3.8) is 0 Å². The zero-order valence-electron chi connectivity index (χ0n) is 15.6. The van der Waals surface area contributed by atoms with Gasteiger partial charge in [0.15, 0.2) is 17.5 Å². The molecule has 150 valence electrons. The van der Waals surface area contributed by atoms with Crippen LogP contribution in [0.3, 0.4) is 0 Å². The quantitative estimate of drug-likeness (QED) is 0.503. The molecular weight excluding hydrogens is 358 g/mol. The van der Waals surface area contributed by atoms with Crippen molar-refractivity contribution < 1.29 is 23.0 Å². The highest BCUT2D eigenvalue weighted by molar-refractivity contribution is 5.79. The van der Waals surface area contributed by atoms with Gasteiger partial charge in [0.25, 0.3) is 0 Å². The average Bonchev–Trinajstić information content (AvgIpc) is 3.39. The van der Waals surface area contributed by atoms with Gasteiger partial charge in [0.1, 0.15) is 5.75 Å². The van der Waals surface area contributed by atoms with Crippen molar-refractivity contribution in [2.45, 2.75) is 39.0 Å². The van der Waals surface area contributed by atoms with Gasteiger partial charge in [-0.3, -0.25) is 9.89 Å². The van der Waals surface area contributed by atoms with Crippen LogP contribution in [-0.2, 0) is 6.54 Å². The number of halogens is 2. The highest BCUT2D eigenvalue weighted by Gasteiger charge is 2.27. The summed E-state index contributed by atoms with van der Waals surface area (Å²) in [7, 11) is 1.67. The van der Waals surface area contributed by atoms with Crippen LogP contribution in [0.4, 0.5) is 8.78 Å². The van der Waals surface area contributed by atoms with Crippen molar-refractivity contribution in [2.75, 3.05) is 33.5 Å². The number of alkyl halides is 2. The van der Waals surface area contributed by atoms with Crippen molar-refractivity contribution in [3.8, 4) is 17.2 Å². The zero-order chi connectivity index (χ0) is 19.2. The molecule has 1 fully saturated rings. The second-order valence-corrected chi connectivity index (χ2v) is 6.40. The van der Waals surface area contributed by atoms with Crippen molar-refractivity contribution in [1.29, 1.82) is 0 Å². The summed E-state index contributed by atoms with van der Waals surface area (Å²) in [6.07, 6.45) is 2.55. The Balaban J connectivity index is 1.55. The first-order chi connectivity index (χ1) is 13.1. The molecule has 3 rings (SSSR count). The molecule has 0 saturated heterocycles. The van der Waals surface area contributed by atoms with E-state index in [1.54, 1.807) is 13.1 Å². The van der Waals surface area contributed by atoms with E-state index in [1.807, 2.05) is 0 Å². The molecule has 0 radical (unpaired) electrons. The van der Waals surface area contributed by atoms with Crippen LogP contribution in [0.25, 0.3) is 0 Å². The van der Waals surface area contributed by atoms with Crippen molar-refractivity contribution in [2.24, 2.45) is 4.99 Å². The number of hydrogen-bond donors (Lipinski definition) is 2. The Bertz CT molecular complexity index is 668. The lowest BCUT2D eigenvalue weighted by atomic mass is 10.1. The predicted octanol–water partition coefficient (Wildman–Crippen LogP) is 2.17. The van der Waals surface area contributed by atoms with Crippen LogP contribution in [0.15, 0.2) is 17.1 Å². The van der Waals surface area contributed by atoms with Gasteiger partial charge in [0.05, 0.1) is 0 Å². The molecule has 27 heavy (non-hydrogen) atoms. The zero-order valence-corrected chi connectivity index (χ0v) is 15.6. The monoisotopic (exact) mass is 384 g/mol. The number of fused-ring (bicyclic) bond motifs is 1. The largest absolute Gasteiger partial charge is 0.454 e. The molecule has 0 atom stereocenters. The first kappa shape index (κ1) is 19.5. The summed E-state index contributed by atoms with van der Waals surface area (Å²) in [6.45, 7) is 2.30. The standard InChI is InChI=1S/C18H26F2N4O3/c1-3-24(13-4-5-13)7-6-22-18(21-2)23-10-12-8-15-16(26-11-25-15)9-14(12)27-17(19)20/h8-9,13,17H,3-7,10-11H2,1-2H3,(H2,21,22,23). The van der Waals surface area contributed by atoms with Gasteiger partial charge in [0, 0.05) is 44.4 Å². The van der Waals surface area contributed by atoms with E-state index in [1.165, 1.54) is 18.9 Å². The summed E-state index contributed by atoms with van der Waals surface area (Å²) in [5.74, 6) is 1.57. The lowest BCUT2D eigenvalue weighted by Gasteiger charge is -2.21. The van der Waals surface area contributed by atoms with E-state index in [4.69, 9.17) is 9.47 Å². The Kier molecular flexibility index (Phi) is 6.54. The molecule has 1 aliphatic heterocycles. The van der Waals surface area contributed by atoms with Gasteiger partial charge in [0.2, 0.25) is 6.79 Å². The van der Waals surface area contributed by atoms with Crippen molar-refractivity contribution in [3.05, 3.63) is 17.7 Å². The Morgan fingerprint density at radius 1 is 1.30 bits per heavy atom. The molecule has 2 aliphatic rings. The summed E-state index contributed by atoms with van der Waals surface area (Å²) in [4.78, 5) is 6.62. The molecule has 9 heteroatoms. The molecule has 1 saturated carbocycles. The first-order valence-corrected chi connectivity index (χ1v) is 9.16. The third kappa shape index (κ3) is 5.35. The molecule has 1 aromatic carbocycles. The maximum Gasteiger partial charge on any atom is 0.387 e. The molecule has 0 bridgehead atoms. The normalized spacial score (nSPS) is 16.1. The van der Waals surface area contributed by atoms with Crippen LogP contribution in [-0.4, -0.2) is 57.0 Å². The van der Waals surface area contributed by atoms with Crippen LogP contribution >= 0.6 is 0 Å². The second-order valence-electron chi connectivity index (χ2n) is 6.40. The van der Waals surface area contributed by atoms with E-state index in [2.05, 4.69) is 32.2 Å². The molecule has 2 N–H and O–H groups in total. The maximum atomic E-state index is 12.7. The van der Waals surface area contributed by atoms with E-state index in [0.29, 0.717) is 23.0 Å². The number of guanidine groups is 1. The summed E-state index contributed by atoms with van der Waals surface area (Å²) in [5.41, 5.74) is 0.538. The van der Waals surface area contributed by atoms with E-state index in [-0.39, 0.29) is 19.1 Å². The topological polar surface area (TPSA) is 67.4 Å². The first-order valence-electron chi connectivity index (χ1n) is 9.16. The van der Waals surface area contributed by atoms with Crippen molar-refractivity contribution in [1.82, 2.24) is 15.5 Å². The molecule has 0 aromatic heterocycles. The molecule has 1 aromatic rings. The second kappa shape index (κ2) is 9.07. The Morgan fingerprint density at radius 2 is 2.04 bits per heavy atom. The minimum Gasteiger partial charge on any atom is -0.454 e. The Labute approximate surface area is 157 Å². The van der Waals surface area contributed by atoms with E-state index in [0.717, 1.165) is 25.7 Å². The van der Waals surface area contributed by atoms with Crippen LogP contribution in [0.1, 0.15) is 25.3 Å². The number of hydrogen-bond acceptors (Lipinski definition) is 5. The van der Waals surface area contributed by atoms with Crippen LogP contribution in [0.2, 0.25) is 0 Å². The highest BCUT2D eigenvalue weighted by atomic mass is 19.3. The lowest BCUT2D eigenvalue weighted by Crippen LogP contribution is -2.41. The van der Waals surface area contributed by atoms with Gasteiger partial charge in [-0.25, -0.2) is 0 Å². The van der Waals surface area contributed by atoms with Gasteiger partial charge in [-0.15, -0.1) is 0 Å². The summed E-state index contributed by atoms with van der Waals surface area (Å²) in [5, 5.41) is 6.38. The van der Waals surface area contributed by atoms with Crippen LogP contribution < -0.4 is 24.8 Å². The predicted molar refractivity (Wildman–Crippen MR) is 97.7 cm³/mol. The summed E-state index contributed by atoms with van der Waals surface area (Å²) >= 11 is 0. The minimum absolute atomic E-state index is 0.0584. The molecule has 0 spiro atoms. The molecule has 1 heterocycles. The van der Waals surface area contributed by atoms with Gasteiger partial charge >= 0.3 is 6.61 Å². The third-order valence-corrected chi connectivity index (χ3v) is 4.60. The summed E-state index contributed by atoms with van der Waals surface area (Å²) in [6, 6.07) is 3.79. The van der Waals surface area contributed by atoms with Crippen LogP contribution in [0, 0.1) is 0 Å². The average molecular weight is 384 g/mol. The number of rotatable bonds is 9. The van der Waals surface area contributed by atoms with E-state index in [9.17, 15) is 8.78 Å². The van der Waals surface area contributed by atoms with Crippen molar-refractivity contribution >= 4 is 5.96 Å². The van der Waals surface area contributed by atoms with Crippen LogP contribution in [0.5, 0.6) is 17.2 Å².